The monoisotopic (exact) mass is 299 g/mol. The summed E-state index contributed by atoms with van der Waals surface area (Å²) >= 11 is 0. The molecule has 1 unspecified atom stereocenters. The zero-order valence-electron chi connectivity index (χ0n) is 12.4. The van der Waals surface area contributed by atoms with E-state index in [4.69, 9.17) is 15.2 Å². The number of rotatable bonds is 6. The Kier molecular flexibility index (Phi) is 5.94. The van der Waals surface area contributed by atoms with E-state index in [-0.39, 0.29) is 11.8 Å². The Morgan fingerprint density at radius 1 is 1.29 bits per heavy atom. The highest BCUT2D eigenvalue weighted by Gasteiger charge is 2.18. The molecule has 0 aromatic heterocycles. The average Bonchev–Trinajstić information content (AvgIpc) is 2.47. The van der Waals surface area contributed by atoms with E-state index in [0.29, 0.717) is 37.7 Å². The number of hydrogen-bond donors (Lipinski definition) is 1. The predicted octanol–water partition coefficient (Wildman–Crippen LogP) is 3.05. The summed E-state index contributed by atoms with van der Waals surface area (Å²) in [4.78, 5) is 0. The Morgan fingerprint density at radius 2 is 1.90 bits per heavy atom. The van der Waals surface area contributed by atoms with Gasteiger partial charge in [-0.05, 0) is 49.3 Å². The molecule has 1 atom stereocenters. The maximum Gasteiger partial charge on any atom is 0.190 e. The molecule has 5 heteroatoms. The lowest BCUT2D eigenvalue weighted by molar-refractivity contribution is 0.0485. The molecule has 21 heavy (non-hydrogen) atoms. The van der Waals surface area contributed by atoms with Gasteiger partial charge in [-0.25, -0.2) is 8.78 Å². The summed E-state index contributed by atoms with van der Waals surface area (Å²) in [5, 5.41) is 0. The molecule has 3 nitrogen and oxygen atoms in total. The van der Waals surface area contributed by atoms with Crippen LogP contribution in [0.5, 0.6) is 5.75 Å². The maximum atomic E-state index is 14.0. The molecule has 0 bridgehead atoms. The Morgan fingerprint density at radius 3 is 2.48 bits per heavy atom. The first-order valence-corrected chi connectivity index (χ1v) is 7.54. The molecule has 0 saturated carbocycles. The second-order valence-corrected chi connectivity index (χ2v) is 5.63. The molecule has 2 rings (SSSR count). The van der Waals surface area contributed by atoms with Crippen molar-refractivity contribution >= 4 is 0 Å². The minimum Gasteiger partial charge on any atom is -0.487 e. The van der Waals surface area contributed by atoms with Gasteiger partial charge in [0, 0.05) is 19.3 Å². The molecule has 0 radical (unpaired) electrons. The standard InChI is InChI=1S/C16H23F2NO2/c1-2-13(19)7-12-8-14(17)16(15(18)9-12)21-10-11-3-5-20-6-4-11/h8-9,11,13H,2-7,10,19H2,1H3. The van der Waals surface area contributed by atoms with E-state index in [9.17, 15) is 8.78 Å². The van der Waals surface area contributed by atoms with E-state index in [1.54, 1.807) is 0 Å². The van der Waals surface area contributed by atoms with Crippen LogP contribution in [0, 0.1) is 17.6 Å². The molecule has 0 spiro atoms. The second-order valence-electron chi connectivity index (χ2n) is 5.63. The summed E-state index contributed by atoms with van der Waals surface area (Å²) in [5.41, 5.74) is 6.38. The average molecular weight is 299 g/mol. The molecule has 2 N–H and O–H groups in total. The van der Waals surface area contributed by atoms with Crippen molar-refractivity contribution in [2.45, 2.75) is 38.6 Å². The molecule has 118 valence electrons. The van der Waals surface area contributed by atoms with Crippen molar-refractivity contribution in [3.8, 4) is 5.75 Å². The van der Waals surface area contributed by atoms with Gasteiger partial charge in [-0.3, -0.25) is 0 Å². The van der Waals surface area contributed by atoms with E-state index >= 15 is 0 Å². The lowest BCUT2D eigenvalue weighted by Crippen LogP contribution is -2.22. The highest BCUT2D eigenvalue weighted by Crippen LogP contribution is 2.26. The van der Waals surface area contributed by atoms with Crippen LogP contribution in [0.25, 0.3) is 0 Å². The van der Waals surface area contributed by atoms with Gasteiger partial charge in [0.1, 0.15) is 0 Å². The zero-order chi connectivity index (χ0) is 15.2. The van der Waals surface area contributed by atoms with E-state index in [1.165, 1.54) is 12.1 Å². The van der Waals surface area contributed by atoms with Gasteiger partial charge in [0.05, 0.1) is 6.61 Å². The fraction of sp³-hybridized carbons (Fsp3) is 0.625. The molecule has 1 aliphatic heterocycles. The van der Waals surface area contributed by atoms with Gasteiger partial charge in [-0.2, -0.15) is 0 Å². The first kappa shape index (κ1) is 16.2. The van der Waals surface area contributed by atoms with Gasteiger partial charge in [0.15, 0.2) is 17.4 Å². The van der Waals surface area contributed by atoms with Crippen molar-refractivity contribution in [1.29, 1.82) is 0 Å². The third-order valence-electron chi connectivity index (χ3n) is 3.88. The zero-order valence-corrected chi connectivity index (χ0v) is 12.4. The number of nitrogens with two attached hydrogens (primary N) is 1. The van der Waals surface area contributed by atoms with Crippen LogP contribution in [0.15, 0.2) is 12.1 Å². The SMILES string of the molecule is CCC(N)Cc1cc(F)c(OCC2CCOCC2)c(F)c1. The minimum absolute atomic E-state index is 0.0854. The largest absolute Gasteiger partial charge is 0.487 e. The molecule has 1 aromatic rings. The predicted molar refractivity (Wildman–Crippen MR) is 77.4 cm³/mol. The molecule has 1 heterocycles. The molecule has 1 aliphatic rings. The van der Waals surface area contributed by atoms with Crippen LogP contribution >= 0.6 is 0 Å². The summed E-state index contributed by atoms with van der Waals surface area (Å²) in [7, 11) is 0. The van der Waals surface area contributed by atoms with Crippen LogP contribution in [0.4, 0.5) is 8.78 Å². The van der Waals surface area contributed by atoms with Gasteiger partial charge in [0.2, 0.25) is 0 Å². The van der Waals surface area contributed by atoms with E-state index in [1.807, 2.05) is 6.92 Å². The number of benzene rings is 1. The highest BCUT2D eigenvalue weighted by molar-refractivity contribution is 5.31. The van der Waals surface area contributed by atoms with Crippen LogP contribution < -0.4 is 10.5 Å². The molecule has 1 aromatic carbocycles. The molecular weight excluding hydrogens is 276 g/mol. The lowest BCUT2D eigenvalue weighted by Gasteiger charge is -2.22. The summed E-state index contributed by atoms with van der Waals surface area (Å²) in [6.45, 7) is 3.65. The van der Waals surface area contributed by atoms with E-state index in [2.05, 4.69) is 0 Å². The van der Waals surface area contributed by atoms with Gasteiger partial charge >= 0.3 is 0 Å². The highest BCUT2D eigenvalue weighted by atomic mass is 19.1. The Balaban J connectivity index is 1.99. The van der Waals surface area contributed by atoms with Crippen LogP contribution in [0.2, 0.25) is 0 Å². The van der Waals surface area contributed by atoms with Gasteiger partial charge in [-0.1, -0.05) is 6.92 Å². The van der Waals surface area contributed by atoms with Crippen molar-refractivity contribution in [3.05, 3.63) is 29.3 Å². The fourth-order valence-electron chi connectivity index (χ4n) is 2.43. The fourth-order valence-corrected chi connectivity index (χ4v) is 2.43. The van der Waals surface area contributed by atoms with Crippen molar-refractivity contribution in [3.63, 3.8) is 0 Å². The van der Waals surface area contributed by atoms with Crippen LogP contribution in [-0.2, 0) is 11.2 Å². The number of hydrogen-bond acceptors (Lipinski definition) is 3. The molecule has 1 saturated heterocycles. The van der Waals surface area contributed by atoms with E-state index < -0.39 is 11.6 Å². The summed E-state index contributed by atoms with van der Waals surface area (Å²) < 4.78 is 38.6. The molecule has 0 amide bonds. The van der Waals surface area contributed by atoms with Crippen LogP contribution in [0.3, 0.4) is 0 Å². The minimum atomic E-state index is -0.652. The van der Waals surface area contributed by atoms with Crippen molar-refractivity contribution in [2.24, 2.45) is 11.7 Å². The topological polar surface area (TPSA) is 44.5 Å². The van der Waals surface area contributed by atoms with Crippen molar-refractivity contribution in [2.75, 3.05) is 19.8 Å². The quantitative estimate of drug-likeness (QED) is 0.878. The van der Waals surface area contributed by atoms with Crippen molar-refractivity contribution < 1.29 is 18.3 Å². The van der Waals surface area contributed by atoms with Crippen LogP contribution in [0.1, 0.15) is 31.7 Å². The van der Waals surface area contributed by atoms with Gasteiger partial charge < -0.3 is 15.2 Å². The Hall–Kier alpha value is -1.20. The Labute approximate surface area is 124 Å². The lowest BCUT2D eigenvalue weighted by atomic mass is 10.0. The maximum absolute atomic E-state index is 14.0. The Bertz CT molecular complexity index is 439. The molecule has 1 fully saturated rings. The summed E-state index contributed by atoms with van der Waals surface area (Å²) in [6, 6.07) is 2.55. The van der Waals surface area contributed by atoms with Crippen LogP contribution in [-0.4, -0.2) is 25.9 Å². The third kappa shape index (κ3) is 4.64. The third-order valence-corrected chi connectivity index (χ3v) is 3.88. The molecular formula is C16H23F2NO2. The van der Waals surface area contributed by atoms with Gasteiger partial charge in [-0.15, -0.1) is 0 Å². The van der Waals surface area contributed by atoms with Gasteiger partial charge in [0.25, 0.3) is 0 Å². The number of halogens is 2. The number of ether oxygens (including phenoxy) is 2. The normalized spacial score (nSPS) is 17.7. The second kappa shape index (κ2) is 7.71. The smallest absolute Gasteiger partial charge is 0.190 e. The van der Waals surface area contributed by atoms with E-state index in [0.717, 1.165) is 19.3 Å². The summed E-state index contributed by atoms with van der Waals surface area (Å²) in [6.07, 6.45) is 2.97. The first-order chi connectivity index (χ1) is 10.1. The molecule has 0 aliphatic carbocycles. The first-order valence-electron chi connectivity index (χ1n) is 7.54. The summed E-state index contributed by atoms with van der Waals surface area (Å²) in [5.74, 6) is -1.29. The van der Waals surface area contributed by atoms with Crippen molar-refractivity contribution in [1.82, 2.24) is 0 Å².